The van der Waals surface area contributed by atoms with Crippen LogP contribution in [0.15, 0.2) is 42.5 Å². The van der Waals surface area contributed by atoms with Gasteiger partial charge in [-0.1, -0.05) is 30.4 Å². The molecule has 1 aliphatic heterocycles. The van der Waals surface area contributed by atoms with E-state index in [2.05, 4.69) is 5.32 Å². The Balaban J connectivity index is 1.42. The maximum atomic E-state index is 12.3. The number of fused-ring (bicyclic) bond motifs is 1. The standard InChI is InChI=1S/C19H20N2O5/c22-16(20-13-6-2-1-3-7-13)12-26-17(23)10-11-21-18(24)14-8-4-5-9-15(14)19(21)25/h1-7,14-15H,8-12H2,(H,20,22)/t14-,15-/m0/s1. The molecule has 26 heavy (non-hydrogen) atoms. The topological polar surface area (TPSA) is 92.8 Å². The summed E-state index contributed by atoms with van der Waals surface area (Å²) in [6, 6.07) is 8.82. The highest BCUT2D eigenvalue weighted by molar-refractivity contribution is 6.05. The first-order chi connectivity index (χ1) is 12.6. The third kappa shape index (κ3) is 3.99. The molecule has 136 valence electrons. The zero-order valence-electron chi connectivity index (χ0n) is 14.2. The summed E-state index contributed by atoms with van der Waals surface area (Å²) in [6.07, 6.45) is 4.83. The predicted molar refractivity (Wildman–Crippen MR) is 92.7 cm³/mol. The second-order valence-corrected chi connectivity index (χ2v) is 6.31. The molecule has 1 N–H and O–H groups in total. The largest absolute Gasteiger partial charge is 0.456 e. The molecule has 2 aliphatic rings. The Labute approximate surface area is 151 Å². The van der Waals surface area contributed by atoms with Crippen molar-refractivity contribution >= 4 is 29.4 Å². The van der Waals surface area contributed by atoms with Gasteiger partial charge in [0.1, 0.15) is 0 Å². The number of hydrogen-bond acceptors (Lipinski definition) is 5. The highest BCUT2D eigenvalue weighted by Gasteiger charge is 2.46. The third-order valence-corrected chi connectivity index (χ3v) is 4.56. The number of anilines is 1. The number of imide groups is 1. The third-order valence-electron chi connectivity index (χ3n) is 4.56. The van der Waals surface area contributed by atoms with Gasteiger partial charge in [0.05, 0.1) is 18.3 Å². The minimum absolute atomic E-state index is 0.0101. The number of benzene rings is 1. The molecule has 0 saturated carbocycles. The van der Waals surface area contributed by atoms with Gasteiger partial charge in [-0.3, -0.25) is 24.1 Å². The van der Waals surface area contributed by atoms with E-state index in [1.807, 2.05) is 18.2 Å². The van der Waals surface area contributed by atoms with Crippen LogP contribution in [-0.2, 0) is 23.9 Å². The van der Waals surface area contributed by atoms with Crippen LogP contribution < -0.4 is 5.32 Å². The molecular weight excluding hydrogens is 336 g/mol. The number of carbonyl (C=O) groups is 4. The fraction of sp³-hybridized carbons (Fsp3) is 0.368. The van der Waals surface area contributed by atoms with E-state index < -0.39 is 18.5 Å². The lowest BCUT2D eigenvalue weighted by molar-refractivity contribution is -0.148. The van der Waals surface area contributed by atoms with Crippen molar-refractivity contribution in [1.82, 2.24) is 4.90 Å². The smallest absolute Gasteiger partial charge is 0.308 e. The molecular formula is C19H20N2O5. The summed E-state index contributed by atoms with van der Waals surface area (Å²) in [7, 11) is 0. The maximum absolute atomic E-state index is 12.3. The van der Waals surface area contributed by atoms with Crippen molar-refractivity contribution < 1.29 is 23.9 Å². The second-order valence-electron chi connectivity index (χ2n) is 6.31. The van der Waals surface area contributed by atoms with Gasteiger partial charge in [-0.25, -0.2) is 0 Å². The van der Waals surface area contributed by atoms with Gasteiger partial charge in [-0.15, -0.1) is 0 Å². The molecule has 1 aliphatic carbocycles. The molecule has 1 fully saturated rings. The van der Waals surface area contributed by atoms with Crippen LogP contribution in [0.2, 0.25) is 0 Å². The lowest BCUT2D eigenvalue weighted by atomic mass is 9.85. The van der Waals surface area contributed by atoms with Crippen LogP contribution in [0.5, 0.6) is 0 Å². The van der Waals surface area contributed by atoms with E-state index in [-0.39, 0.29) is 36.6 Å². The molecule has 0 bridgehead atoms. The molecule has 7 nitrogen and oxygen atoms in total. The van der Waals surface area contributed by atoms with E-state index in [4.69, 9.17) is 4.74 Å². The van der Waals surface area contributed by atoms with Gasteiger partial charge in [-0.2, -0.15) is 0 Å². The van der Waals surface area contributed by atoms with Crippen LogP contribution in [-0.4, -0.2) is 41.7 Å². The molecule has 0 aromatic heterocycles. The Morgan fingerprint density at radius 3 is 2.27 bits per heavy atom. The number of amides is 3. The highest BCUT2D eigenvalue weighted by Crippen LogP contribution is 2.34. The quantitative estimate of drug-likeness (QED) is 0.474. The second kappa shape index (κ2) is 7.95. The van der Waals surface area contributed by atoms with Crippen molar-refractivity contribution in [2.75, 3.05) is 18.5 Å². The van der Waals surface area contributed by atoms with Crippen LogP contribution in [0.1, 0.15) is 19.3 Å². The minimum atomic E-state index is -0.623. The average Bonchev–Trinajstić information content (AvgIpc) is 2.90. The molecule has 3 amide bonds. The first kappa shape index (κ1) is 17.8. The number of nitrogens with zero attached hydrogens (tertiary/aromatic N) is 1. The molecule has 1 aromatic carbocycles. The summed E-state index contributed by atoms with van der Waals surface area (Å²) in [5, 5.41) is 2.60. The van der Waals surface area contributed by atoms with Gasteiger partial charge in [-0.05, 0) is 25.0 Å². The lowest BCUT2D eigenvalue weighted by Gasteiger charge is -2.14. The molecule has 7 heteroatoms. The lowest BCUT2D eigenvalue weighted by Crippen LogP contribution is -2.33. The monoisotopic (exact) mass is 356 g/mol. The Morgan fingerprint density at radius 2 is 1.65 bits per heavy atom. The van der Waals surface area contributed by atoms with E-state index >= 15 is 0 Å². The van der Waals surface area contributed by atoms with Crippen molar-refractivity contribution in [2.24, 2.45) is 11.8 Å². The van der Waals surface area contributed by atoms with Crippen molar-refractivity contribution in [3.63, 3.8) is 0 Å². The van der Waals surface area contributed by atoms with E-state index in [1.165, 1.54) is 0 Å². The van der Waals surface area contributed by atoms with Gasteiger partial charge < -0.3 is 10.1 Å². The molecule has 1 aromatic rings. The van der Waals surface area contributed by atoms with Crippen molar-refractivity contribution in [3.8, 4) is 0 Å². The maximum Gasteiger partial charge on any atom is 0.308 e. The average molecular weight is 356 g/mol. The SMILES string of the molecule is O=C(COC(=O)CCN1C(=O)[C@H]2CC=CC[C@@H]2C1=O)Nc1ccccc1. The van der Waals surface area contributed by atoms with E-state index in [1.54, 1.807) is 24.3 Å². The minimum Gasteiger partial charge on any atom is -0.456 e. The number of esters is 1. The summed E-state index contributed by atoms with van der Waals surface area (Å²) in [4.78, 5) is 49.3. The summed E-state index contributed by atoms with van der Waals surface area (Å²) < 4.78 is 4.91. The number of para-hydroxylation sites is 1. The zero-order chi connectivity index (χ0) is 18.5. The fourth-order valence-electron chi connectivity index (χ4n) is 3.23. The van der Waals surface area contributed by atoms with Gasteiger partial charge in [0.2, 0.25) is 11.8 Å². The fourth-order valence-corrected chi connectivity index (χ4v) is 3.23. The van der Waals surface area contributed by atoms with E-state index in [9.17, 15) is 19.2 Å². The Kier molecular flexibility index (Phi) is 5.46. The van der Waals surface area contributed by atoms with Crippen molar-refractivity contribution in [3.05, 3.63) is 42.5 Å². The zero-order valence-corrected chi connectivity index (χ0v) is 14.2. The number of likely N-dealkylation sites (tertiary alicyclic amines) is 1. The first-order valence-corrected chi connectivity index (χ1v) is 8.57. The number of rotatable bonds is 6. The highest BCUT2D eigenvalue weighted by atomic mass is 16.5. The molecule has 0 unspecified atom stereocenters. The van der Waals surface area contributed by atoms with Crippen molar-refractivity contribution in [2.45, 2.75) is 19.3 Å². The Hall–Kier alpha value is -2.96. The number of hydrogen-bond donors (Lipinski definition) is 1. The molecule has 2 atom stereocenters. The van der Waals surface area contributed by atoms with Gasteiger partial charge in [0.15, 0.2) is 6.61 Å². The van der Waals surface area contributed by atoms with E-state index in [0.717, 1.165) is 4.90 Å². The van der Waals surface area contributed by atoms with Crippen molar-refractivity contribution in [1.29, 1.82) is 0 Å². The number of nitrogens with one attached hydrogen (secondary N) is 1. The van der Waals surface area contributed by atoms with Crippen LogP contribution in [0.4, 0.5) is 5.69 Å². The molecule has 0 spiro atoms. The number of ether oxygens (including phenoxy) is 1. The first-order valence-electron chi connectivity index (χ1n) is 8.57. The van der Waals surface area contributed by atoms with Crippen LogP contribution in [0.25, 0.3) is 0 Å². The molecule has 0 radical (unpaired) electrons. The van der Waals surface area contributed by atoms with E-state index in [0.29, 0.717) is 18.5 Å². The molecule has 1 heterocycles. The van der Waals surface area contributed by atoms with Crippen LogP contribution in [0, 0.1) is 11.8 Å². The summed E-state index contributed by atoms with van der Waals surface area (Å²) in [5.74, 6) is -2.13. The summed E-state index contributed by atoms with van der Waals surface area (Å²) >= 11 is 0. The number of carbonyl (C=O) groups excluding carboxylic acids is 4. The molecule has 3 rings (SSSR count). The van der Waals surface area contributed by atoms with Crippen LogP contribution >= 0.6 is 0 Å². The van der Waals surface area contributed by atoms with Gasteiger partial charge >= 0.3 is 5.97 Å². The van der Waals surface area contributed by atoms with Gasteiger partial charge in [0.25, 0.3) is 5.91 Å². The predicted octanol–water partition coefficient (Wildman–Crippen LogP) is 1.51. The normalized spacial score (nSPS) is 21.5. The van der Waals surface area contributed by atoms with Gasteiger partial charge in [0, 0.05) is 12.2 Å². The number of allylic oxidation sites excluding steroid dienone is 2. The molecule has 1 saturated heterocycles. The van der Waals surface area contributed by atoms with Crippen LogP contribution in [0.3, 0.4) is 0 Å². The summed E-state index contributed by atoms with van der Waals surface area (Å²) in [6.45, 7) is -0.422. The Morgan fingerprint density at radius 1 is 1.04 bits per heavy atom. The Bertz CT molecular complexity index is 718. The summed E-state index contributed by atoms with van der Waals surface area (Å²) in [5.41, 5.74) is 0.609.